The molecule has 2 rings (SSSR count). The van der Waals surface area contributed by atoms with Crippen LogP contribution in [0.1, 0.15) is 43.7 Å². The van der Waals surface area contributed by atoms with E-state index in [2.05, 4.69) is 10.2 Å². The predicted octanol–water partition coefficient (Wildman–Crippen LogP) is 3.32. The topological polar surface area (TPSA) is 58.4 Å². The highest BCUT2D eigenvalue weighted by Gasteiger charge is 2.21. The van der Waals surface area contributed by atoms with E-state index in [4.69, 9.17) is 0 Å². The first kappa shape index (κ1) is 18.9. The number of rotatable bonds is 5. The standard InChI is InChI=1S/C16H25N3O2.ClH/c1-12(2)15-7-6-13(9-16(15)19(20)21)10-18-8-4-5-14(11-18)17-3;/h6-7,9,12,14,17H,4-5,8,10-11H2,1-3H3;1H. The van der Waals surface area contributed by atoms with Crippen molar-refractivity contribution in [3.63, 3.8) is 0 Å². The summed E-state index contributed by atoms with van der Waals surface area (Å²) in [5, 5.41) is 14.6. The summed E-state index contributed by atoms with van der Waals surface area (Å²) >= 11 is 0. The Bertz CT molecular complexity index is 508. The minimum Gasteiger partial charge on any atom is -0.316 e. The first-order valence-corrected chi connectivity index (χ1v) is 7.68. The lowest BCUT2D eigenvalue weighted by molar-refractivity contribution is -0.385. The fourth-order valence-electron chi connectivity index (χ4n) is 3.03. The van der Waals surface area contributed by atoms with E-state index in [1.807, 2.05) is 33.0 Å². The lowest BCUT2D eigenvalue weighted by Gasteiger charge is -2.32. The average Bonchev–Trinajstić information content (AvgIpc) is 2.47. The Hall–Kier alpha value is -1.17. The molecule has 0 aromatic heterocycles. The third-order valence-corrected chi connectivity index (χ3v) is 4.23. The molecule has 1 saturated heterocycles. The number of hydrogen-bond donors (Lipinski definition) is 1. The number of likely N-dealkylation sites (tertiary alicyclic amines) is 1. The predicted molar refractivity (Wildman–Crippen MR) is 91.8 cm³/mol. The van der Waals surface area contributed by atoms with Crippen molar-refractivity contribution >= 4 is 18.1 Å². The van der Waals surface area contributed by atoms with E-state index in [1.165, 1.54) is 12.8 Å². The number of halogens is 1. The Morgan fingerprint density at radius 1 is 1.45 bits per heavy atom. The van der Waals surface area contributed by atoms with Gasteiger partial charge in [0.05, 0.1) is 4.92 Å². The highest BCUT2D eigenvalue weighted by atomic mass is 35.5. The summed E-state index contributed by atoms with van der Waals surface area (Å²) in [6.45, 7) is 6.85. The molecule has 22 heavy (non-hydrogen) atoms. The van der Waals surface area contributed by atoms with Crippen LogP contribution in [-0.4, -0.2) is 36.0 Å². The van der Waals surface area contributed by atoms with Crippen molar-refractivity contribution in [1.29, 1.82) is 0 Å². The van der Waals surface area contributed by atoms with Gasteiger partial charge in [0.25, 0.3) is 5.69 Å². The van der Waals surface area contributed by atoms with Crippen LogP contribution >= 0.6 is 12.4 Å². The molecular formula is C16H26ClN3O2. The second-order valence-corrected chi connectivity index (χ2v) is 6.17. The molecule has 0 saturated carbocycles. The van der Waals surface area contributed by atoms with Gasteiger partial charge in [-0.15, -0.1) is 12.4 Å². The van der Waals surface area contributed by atoms with Gasteiger partial charge in [-0.1, -0.05) is 26.0 Å². The van der Waals surface area contributed by atoms with Crippen molar-refractivity contribution in [3.05, 3.63) is 39.4 Å². The molecule has 1 aliphatic rings. The van der Waals surface area contributed by atoms with Crippen molar-refractivity contribution < 1.29 is 4.92 Å². The van der Waals surface area contributed by atoms with Crippen LogP contribution in [0.25, 0.3) is 0 Å². The van der Waals surface area contributed by atoms with Gasteiger partial charge in [-0.2, -0.15) is 0 Å². The van der Waals surface area contributed by atoms with Crippen LogP contribution in [0.4, 0.5) is 5.69 Å². The van der Waals surface area contributed by atoms with E-state index in [0.717, 1.165) is 30.8 Å². The Morgan fingerprint density at radius 2 is 2.18 bits per heavy atom. The number of nitrogens with one attached hydrogen (secondary N) is 1. The van der Waals surface area contributed by atoms with Gasteiger partial charge < -0.3 is 5.32 Å². The Kier molecular flexibility index (Phi) is 7.26. The highest BCUT2D eigenvalue weighted by Crippen LogP contribution is 2.28. The quantitative estimate of drug-likeness (QED) is 0.665. The zero-order chi connectivity index (χ0) is 15.4. The highest BCUT2D eigenvalue weighted by molar-refractivity contribution is 5.85. The van der Waals surface area contributed by atoms with Crippen LogP contribution in [0, 0.1) is 10.1 Å². The maximum absolute atomic E-state index is 11.3. The first-order valence-electron chi connectivity index (χ1n) is 7.68. The number of piperidine rings is 1. The number of nitrogens with zero attached hydrogens (tertiary/aromatic N) is 2. The summed E-state index contributed by atoms with van der Waals surface area (Å²) in [4.78, 5) is 13.4. The Morgan fingerprint density at radius 3 is 2.77 bits per heavy atom. The van der Waals surface area contributed by atoms with Crippen molar-refractivity contribution in [1.82, 2.24) is 10.2 Å². The van der Waals surface area contributed by atoms with Gasteiger partial charge in [-0.3, -0.25) is 15.0 Å². The molecule has 0 spiro atoms. The number of likely N-dealkylation sites (N-methyl/N-ethyl adjacent to an activating group) is 1. The smallest absolute Gasteiger partial charge is 0.273 e. The van der Waals surface area contributed by atoms with Crippen molar-refractivity contribution in [2.24, 2.45) is 0 Å². The maximum atomic E-state index is 11.3. The Balaban J connectivity index is 0.00000242. The molecule has 6 heteroatoms. The third-order valence-electron chi connectivity index (χ3n) is 4.23. The molecule has 1 N–H and O–H groups in total. The molecule has 0 amide bonds. The molecule has 0 aliphatic carbocycles. The molecule has 1 aromatic carbocycles. The third kappa shape index (κ3) is 4.66. The molecule has 1 heterocycles. The van der Waals surface area contributed by atoms with Gasteiger partial charge in [0.15, 0.2) is 0 Å². The van der Waals surface area contributed by atoms with Crippen LogP contribution in [0.3, 0.4) is 0 Å². The van der Waals surface area contributed by atoms with Crippen LogP contribution in [0.15, 0.2) is 18.2 Å². The SMILES string of the molecule is CNC1CCCN(Cc2ccc(C(C)C)c([N+](=O)[O-])c2)C1.Cl. The maximum Gasteiger partial charge on any atom is 0.273 e. The molecule has 1 fully saturated rings. The largest absolute Gasteiger partial charge is 0.316 e. The molecule has 1 atom stereocenters. The first-order chi connectivity index (χ1) is 10.0. The average molecular weight is 328 g/mol. The van der Waals surface area contributed by atoms with Gasteiger partial charge in [0, 0.05) is 30.8 Å². The molecule has 1 aliphatic heterocycles. The summed E-state index contributed by atoms with van der Waals surface area (Å²) in [6.07, 6.45) is 2.39. The molecule has 1 aromatic rings. The lowest BCUT2D eigenvalue weighted by Crippen LogP contribution is -2.43. The molecule has 0 bridgehead atoms. The minimum atomic E-state index is -0.258. The van der Waals surface area contributed by atoms with E-state index < -0.39 is 0 Å². The number of benzene rings is 1. The van der Waals surface area contributed by atoms with Crippen LogP contribution < -0.4 is 5.32 Å². The van der Waals surface area contributed by atoms with E-state index in [0.29, 0.717) is 6.04 Å². The van der Waals surface area contributed by atoms with Gasteiger partial charge in [0.2, 0.25) is 0 Å². The summed E-state index contributed by atoms with van der Waals surface area (Å²) in [6, 6.07) is 6.23. The van der Waals surface area contributed by atoms with E-state index in [1.54, 1.807) is 6.07 Å². The zero-order valence-electron chi connectivity index (χ0n) is 13.5. The van der Waals surface area contributed by atoms with Gasteiger partial charge in [-0.25, -0.2) is 0 Å². The summed E-state index contributed by atoms with van der Waals surface area (Å²) < 4.78 is 0. The number of nitro benzene ring substituents is 1. The minimum absolute atomic E-state index is 0. The summed E-state index contributed by atoms with van der Waals surface area (Å²) in [5.41, 5.74) is 2.10. The van der Waals surface area contributed by atoms with E-state index >= 15 is 0 Å². The van der Waals surface area contributed by atoms with Gasteiger partial charge in [-0.05, 0) is 37.9 Å². The fraction of sp³-hybridized carbons (Fsp3) is 0.625. The molecule has 0 radical (unpaired) electrons. The molecule has 1 unspecified atom stereocenters. The van der Waals surface area contributed by atoms with Crippen molar-refractivity contribution in [2.45, 2.75) is 45.2 Å². The van der Waals surface area contributed by atoms with Crippen molar-refractivity contribution in [2.75, 3.05) is 20.1 Å². The second kappa shape index (κ2) is 8.46. The zero-order valence-corrected chi connectivity index (χ0v) is 14.4. The molecular weight excluding hydrogens is 302 g/mol. The van der Waals surface area contributed by atoms with E-state index in [-0.39, 0.29) is 28.9 Å². The van der Waals surface area contributed by atoms with Gasteiger partial charge in [0.1, 0.15) is 0 Å². The Labute approximate surface area is 138 Å². The normalized spacial score (nSPS) is 19.0. The van der Waals surface area contributed by atoms with Crippen LogP contribution in [-0.2, 0) is 6.54 Å². The fourth-order valence-corrected chi connectivity index (χ4v) is 3.03. The van der Waals surface area contributed by atoms with E-state index in [9.17, 15) is 10.1 Å². The second-order valence-electron chi connectivity index (χ2n) is 6.17. The van der Waals surface area contributed by atoms with Crippen LogP contribution in [0.5, 0.6) is 0 Å². The van der Waals surface area contributed by atoms with Crippen molar-refractivity contribution in [3.8, 4) is 0 Å². The summed E-state index contributed by atoms with van der Waals surface area (Å²) in [7, 11) is 2.00. The van der Waals surface area contributed by atoms with Gasteiger partial charge >= 0.3 is 0 Å². The van der Waals surface area contributed by atoms with Crippen LogP contribution in [0.2, 0.25) is 0 Å². The summed E-state index contributed by atoms with van der Waals surface area (Å²) in [5.74, 6) is 0.170. The molecule has 124 valence electrons. The number of hydrogen-bond acceptors (Lipinski definition) is 4. The molecule has 5 nitrogen and oxygen atoms in total. The lowest BCUT2D eigenvalue weighted by atomic mass is 9.98. The number of nitro groups is 1. The monoisotopic (exact) mass is 327 g/mol.